The van der Waals surface area contributed by atoms with E-state index in [1.54, 1.807) is 23.9 Å². The van der Waals surface area contributed by atoms with Crippen molar-refractivity contribution in [1.29, 1.82) is 0 Å². The van der Waals surface area contributed by atoms with Crippen LogP contribution in [-0.4, -0.2) is 26.6 Å². The molecule has 1 heterocycles. The first-order valence-corrected chi connectivity index (χ1v) is 4.34. The summed E-state index contributed by atoms with van der Waals surface area (Å²) >= 11 is 0. The lowest BCUT2D eigenvalue weighted by molar-refractivity contribution is -0.105. The number of carbonyl (C=O) groups is 1. The van der Waals surface area contributed by atoms with Crippen molar-refractivity contribution in [1.82, 2.24) is 20.2 Å². The van der Waals surface area contributed by atoms with Crippen LogP contribution < -0.4 is 5.32 Å². The molecule has 2 aromatic rings. The van der Waals surface area contributed by atoms with Gasteiger partial charge < -0.3 is 5.32 Å². The Morgan fingerprint density at radius 1 is 1.47 bits per heavy atom. The molecule has 0 saturated heterocycles. The largest absolute Gasteiger partial charge is 0.329 e. The Morgan fingerprint density at radius 3 is 3.00 bits per heavy atom. The highest BCUT2D eigenvalue weighted by Gasteiger charge is 2.05. The monoisotopic (exact) mass is 203 g/mol. The Labute approximate surface area is 85.9 Å². The highest BCUT2D eigenvalue weighted by atomic mass is 16.1. The van der Waals surface area contributed by atoms with Crippen LogP contribution in [0.2, 0.25) is 0 Å². The minimum atomic E-state index is 0.633. The van der Waals surface area contributed by atoms with E-state index in [0.29, 0.717) is 17.9 Å². The van der Waals surface area contributed by atoms with E-state index in [4.69, 9.17) is 0 Å². The van der Waals surface area contributed by atoms with E-state index in [-0.39, 0.29) is 0 Å². The Morgan fingerprint density at radius 2 is 2.33 bits per heavy atom. The number of carbonyl (C=O) groups excluding carboxylic acids is 1. The summed E-state index contributed by atoms with van der Waals surface area (Å²) in [5, 5.41) is 13.7. The van der Waals surface area contributed by atoms with Gasteiger partial charge in [0, 0.05) is 18.3 Å². The van der Waals surface area contributed by atoms with Gasteiger partial charge in [-0.25, -0.2) is 4.68 Å². The van der Waals surface area contributed by atoms with E-state index in [0.717, 1.165) is 5.56 Å². The maximum Gasteiger partial charge on any atom is 0.211 e. The molecule has 0 radical (unpaired) electrons. The first-order chi connectivity index (χ1) is 7.31. The van der Waals surface area contributed by atoms with E-state index in [1.807, 2.05) is 12.1 Å². The fourth-order valence-electron chi connectivity index (χ4n) is 1.29. The average molecular weight is 203 g/mol. The molecule has 0 atom stereocenters. The highest BCUT2D eigenvalue weighted by Crippen LogP contribution is 2.18. The van der Waals surface area contributed by atoms with Crippen LogP contribution in [0.4, 0.5) is 5.69 Å². The lowest BCUT2D eigenvalue weighted by atomic mass is 10.2. The zero-order valence-corrected chi connectivity index (χ0v) is 8.08. The Bertz CT molecular complexity index is 479. The molecule has 0 bridgehead atoms. The Hall–Kier alpha value is -2.24. The number of amides is 1. The fourth-order valence-corrected chi connectivity index (χ4v) is 1.29. The lowest BCUT2D eigenvalue weighted by Crippen LogP contribution is -1.97. The Kier molecular flexibility index (Phi) is 2.40. The summed E-state index contributed by atoms with van der Waals surface area (Å²) in [6, 6.07) is 7.30. The third-order valence-electron chi connectivity index (χ3n) is 1.97. The number of benzene rings is 1. The van der Waals surface area contributed by atoms with Crippen molar-refractivity contribution < 1.29 is 4.79 Å². The summed E-state index contributed by atoms with van der Waals surface area (Å²) in [4.78, 5) is 10.3. The van der Waals surface area contributed by atoms with Crippen molar-refractivity contribution in [3.8, 4) is 11.4 Å². The zero-order chi connectivity index (χ0) is 10.7. The smallest absolute Gasteiger partial charge is 0.211 e. The van der Waals surface area contributed by atoms with Gasteiger partial charge in [0.1, 0.15) is 0 Å². The molecule has 2 rings (SSSR count). The molecule has 76 valence electrons. The van der Waals surface area contributed by atoms with Crippen LogP contribution in [-0.2, 0) is 11.8 Å². The predicted molar refractivity (Wildman–Crippen MR) is 53.9 cm³/mol. The number of nitrogens with zero attached hydrogens (tertiary/aromatic N) is 4. The highest BCUT2D eigenvalue weighted by molar-refractivity contribution is 5.74. The summed E-state index contributed by atoms with van der Waals surface area (Å²) in [5.41, 5.74) is 1.57. The summed E-state index contributed by atoms with van der Waals surface area (Å²) in [6.07, 6.45) is 0.633. The molecule has 0 aliphatic carbocycles. The number of hydrogen-bond acceptors (Lipinski definition) is 4. The van der Waals surface area contributed by atoms with Crippen LogP contribution in [0.25, 0.3) is 11.4 Å². The van der Waals surface area contributed by atoms with Crippen LogP contribution in [0.15, 0.2) is 24.3 Å². The first-order valence-electron chi connectivity index (χ1n) is 4.34. The number of tetrazole rings is 1. The zero-order valence-electron chi connectivity index (χ0n) is 8.08. The molecule has 0 unspecified atom stereocenters. The van der Waals surface area contributed by atoms with Crippen LogP contribution in [0.1, 0.15) is 0 Å². The lowest BCUT2D eigenvalue weighted by Gasteiger charge is -2.01. The number of anilines is 1. The number of nitrogens with one attached hydrogen (secondary N) is 1. The van der Waals surface area contributed by atoms with E-state index < -0.39 is 0 Å². The van der Waals surface area contributed by atoms with Gasteiger partial charge in [0.05, 0.1) is 0 Å². The summed E-state index contributed by atoms with van der Waals surface area (Å²) in [6.45, 7) is 0. The third kappa shape index (κ3) is 1.83. The minimum absolute atomic E-state index is 0.633. The van der Waals surface area contributed by atoms with Crippen molar-refractivity contribution in [2.75, 3.05) is 5.32 Å². The number of aryl methyl sites for hydroxylation is 1. The summed E-state index contributed by atoms with van der Waals surface area (Å²) in [5.74, 6) is 0.657. The quantitative estimate of drug-likeness (QED) is 0.735. The van der Waals surface area contributed by atoms with Crippen molar-refractivity contribution in [2.24, 2.45) is 7.05 Å². The normalized spacial score (nSPS) is 9.93. The van der Waals surface area contributed by atoms with Crippen LogP contribution in [0, 0.1) is 0 Å². The second kappa shape index (κ2) is 3.87. The molecule has 6 nitrogen and oxygen atoms in total. The molecule has 6 heteroatoms. The third-order valence-corrected chi connectivity index (χ3v) is 1.97. The van der Waals surface area contributed by atoms with Gasteiger partial charge in [-0.15, -0.1) is 5.10 Å². The van der Waals surface area contributed by atoms with Crippen molar-refractivity contribution in [2.45, 2.75) is 0 Å². The molecule has 0 fully saturated rings. The molecule has 0 saturated carbocycles. The standard InChI is InChI=1S/C9H9N5O/c1-14-9(11-12-13-14)7-3-2-4-8(5-7)10-6-15/h2-6H,1H3,(H,10,15). The molecule has 1 aromatic heterocycles. The van der Waals surface area contributed by atoms with Gasteiger partial charge in [-0.3, -0.25) is 4.79 Å². The molecule has 0 spiro atoms. The molecule has 0 aliphatic rings. The maximum atomic E-state index is 10.3. The van der Waals surface area contributed by atoms with E-state index in [1.165, 1.54) is 0 Å². The second-order valence-electron chi connectivity index (χ2n) is 2.97. The van der Waals surface area contributed by atoms with Gasteiger partial charge in [0.25, 0.3) is 0 Å². The number of rotatable bonds is 3. The van der Waals surface area contributed by atoms with Gasteiger partial charge in [-0.2, -0.15) is 0 Å². The molecule has 1 N–H and O–H groups in total. The first kappa shape index (κ1) is 9.32. The molecule has 1 aromatic carbocycles. The fraction of sp³-hybridized carbons (Fsp3) is 0.111. The maximum absolute atomic E-state index is 10.3. The van der Waals surface area contributed by atoms with Gasteiger partial charge >= 0.3 is 0 Å². The topological polar surface area (TPSA) is 72.7 Å². The van der Waals surface area contributed by atoms with Crippen molar-refractivity contribution >= 4 is 12.1 Å². The van der Waals surface area contributed by atoms with Gasteiger partial charge in [0.15, 0.2) is 5.82 Å². The van der Waals surface area contributed by atoms with Gasteiger partial charge in [0.2, 0.25) is 6.41 Å². The minimum Gasteiger partial charge on any atom is -0.329 e. The SMILES string of the molecule is Cn1nnnc1-c1cccc(NC=O)c1. The predicted octanol–water partition coefficient (Wildman–Crippen LogP) is 0.445. The van der Waals surface area contributed by atoms with Crippen LogP contribution in [0.5, 0.6) is 0 Å². The van der Waals surface area contributed by atoms with Gasteiger partial charge in [-0.1, -0.05) is 12.1 Å². The van der Waals surface area contributed by atoms with Crippen LogP contribution >= 0.6 is 0 Å². The molecule has 15 heavy (non-hydrogen) atoms. The summed E-state index contributed by atoms with van der Waals surface area (Å²) in [7, 11) is 1.76. The van der Waals surface area contributed by atoms with Crippen LogP contribution in [0.3, 0.4) is 0 Å². The van der Waals surface area contributed by atoms with Gasteiger partial charge in [-0.05, 0) is 22.6 Å². The summed E-state index contributed by atoms with van der Waals surface area (Å²) < 4.78 is 1.57. The Balaban J connectivity index is 2.41. The van der Waals surface area contributed by atoms with E-state index >= 15 is 0 Å². The number of aromatic nitrogens is 4. The van der Waals surface area contributed by atoms with E-state index in [2.05, 4.69) is 20.8 Å². The average Bonchev–Trinajstić information content (AvgIpc) is 2.65. The van der Waals surface area contributed by atoms with Crippen molar-refractivity contribution in [3.05, 3.63) is 24.3 Å². The number of hydrogen-bond donors (Lipinski definition) is 1. The van der Waals surface area contributed by atoms with E-state index in [9.17, 15) is 4.79 Å². The molecular weight excluding hydrogens is 194 g/mol. The molecule has 0 aliphatic heterocycles. The second-order valence-corrected chi connectivity index (χ2v) is 2.97. The van der Waals surface area contributed by atoms with Crippen molar-refractivity contribution in [3.63, 3.8) is 0 Å². The molecular formula is C9H9N5O. The molecule has 1 amide bonds.